The predicted molar refractivity (Wildman–Crippen MR) is 124 cm³/mol. The van der Waals surface area contributed by atoms with Crippen LogP contribution in [0.2, 0.25) is 0 Å². The molecule has 0 unspecified atom stereocenters. The van der Waals surface area contributed by atoms with E-state index in [-0.39, 0.29) is 30.4 Å². The Morgan fingerprint density at radius 2 is 1.48 bits per heavy atom. The Morgan fingerprint density at radius 1 is 0.818 bits per heavy atom. The predicted octanol–water partition coefficient (Wildman–Crippen LogP) is 5.08. The van der Waals surface area contributed by atoms with E-state index in [0.717, 1.165) is 33.9 Å². The third kappa shape index (κ3) is 3.53. The maximum atomic E-state index is 10.2. The van der Waals surface area contributed by atoms with Crippen molar-refractivity contribution in [2.45, 2.75) is 18.9 Å². The smallest absolute Gasteiger partial charge is 0.231 e. The van der Waals surface area contributed by atoms with Crippen LogP contribution in [0.4, 0.5) is 5.69 Å². The van der Waals surface area contributed by atoms with Crippen LogP contribution in [0.25, 0.3) is 0 Å². The minimum atomic E-state index is -0.0116. The number of ether oxygens (including phenoxy) is 5. The van der Waals surface area contributed by atoms with Gasteiger partial charge >= 0.3 is 0 Å². The number of rotatable bonds is 5. The van der Waals surface area contributed by atoms with Gasteiger partial charge in [-0.1, -0.05) is 19.1 Å². The van der Waals surface area contributed by atoms with Crippen LogP contribution in [0.15, 0.2) is 48.5 Å². The second kappa shape index (κ2) is 8.31. The van der Waals surface area contributed by atoms with E-state index >= 15 is 0 Å². The van der Waals surface area contributed by atoms with Gasteiger partial charge in [-0.15, -0.1) is 0 Å². The van der Waals surface area contributed by atoms with Gasteiger partial charge in [0, 0.05) is 17.7 Å². The number of anilines is 1. The molecule has 5 rings (SSSR count). The molecule has 3 aromatic rings. The topological polar surface area (TPSA) is 78.4 Å². The van der Waals surface area contributed by atoms with Crippen molar-refractivity contribution in [2.75, 3.05) is 33.4 Å². The summed E-state index contributed by atoms with van der Waals surface area (Å²) in [6.45, 7) is 2.43. The Morgan fingerprint density at radius 3 is 2.21 bits per heavy atom. The maximum absolute atomic E-state index is 10.2. The highest BCUT2D eigenvalue weighted by atomic mass is 16.7. The molecule has 2 aliphatic rings. The van der Waals surface area contributed by atoms with Crippen molar-refractivity contribution < 1.29 is 28.8 Å². The Bertz CT molecular complexity index is 1190. The number of phenolic OH excluding ortho intramolecular Hbond substituents is 1. The van der Waals surface area contributed by atoms with Crippen molar-refractivity contribution in [3.63, 3.8) is 0 Å². The van der Waals surface area contributed by atoms with E-state index in [0.29, 0.717) is 17.2 Å². The second-order valence-electron chi connectivity index (χ2n) is 8.30. The number of fused-ring (bicyclic) bond motifs is 2. The molecule has 0 bridgehead atoms. The van der Waals surface area contributed by atoms with Crippen molar-refractivity contribution in [1.29, 1.82) is 0 Å². The molecule has 0 saturated carbocycles. The number of nitrogens with one attached hydrogen (secondary N) is 1. The molecule has 3 atom stereocenters. The van der Waals surface area contributed by atoms with Crippen LogP contribution in [0.3, 0.4) is 0 Å². The number of aromatic hydroxyl groups is 1. The van der Waals surface area contributed by atoms with Crippen LogP contribution in [0, 0.1) is 5.92 Å². The monoisotopic (exact) mass is 449 g/mol. The van der Waals surface area contributed by atoms with E-state index in [2.05, 4.69) is 24.4 Å². The molecule has 0 radical (unpaired) electrons. The van der Waals surface area contributed by atoms with E-state index in [1.165, 1.54) is 0 Å². The molecule has 7 nitrogen and oxygen atoms in total. The summed E-state index contributed by atoms with van der Waals surface area (Å²) in [5.74, 6) is 3.56. The van der Waals surface area contributed by atoms with Gasteiger partial charge in [0.2, 0.25) is 6.79 Å². The molecule has 0 fully saturated rings. The number of hydrogen-bond acceptors (Lipinski definition) is 7. The lowest BCUT2D eigenvalue weighted by molar-refractivity contribution is 0.174. The van der Waals surface area contributed by atoms with Crippen molar-refractivity contribution in [3.05, 3.63) is 65.2 Å². The number of benzene rings is 3. The fourth-order valence-corrected chi connectivity index (χ4v) is 4.92. The lowest BCUT2D eigenvalue weighted by Gasteiger charge is -2.40. The SMILES string of the molecule is COc1cc([C@@H]2c3cc4c(cc3N[C@H](c3ccc(OC)c(OC)c3)[C@H]2C)OCO4)ccc1O. The summed E-state index contributed by atoms with van der Waals surface area (Å²) < 4.78 is 27.7. The molecular weight excluding hydrogens is 422 g/mol. The first-order chi connectivity index (χ1) is 16.0. The first-order valence-corrected chi connectivity index (χ1v) is 10.8. The largest absolute Gasteiger partial charge is 0.504 e. The molecule has 7 heteroatoms. The number of phenols is 1. The first-order valence-electron chi connectivity index (χ1n) is 10.8. The van der Waals surface area contributed by atoms with E-state index in [1.54, 1.807) is 27.4 Å². The molecule has 2 N–H and O–H groups in total. The van der Waals surface area contributed by atoms with Gasteiger partial charge in [-0.05, 0) is 52.9 Å². The maximum Gasteiger partial charge on any atom is 0.231 e. The van der Waals surface area contributed by atoms with E-state index in [4.69, 9.17) is 23.7 Å². The molecule has 172 valence electrons. The second-order valence-corrected chi connectivity index (χ2v) is 8.30. The molecule has 3 aromatic carbocycles. The van der Waals surface area contributed by atoms with Gasteiger partial charge in [0.1, 0.15) is 0 Å². The molecule has 2 heterocycles. The quantitative estimate of drug-likeness (QED) is 0.562. The lowest BCUT2D eigenvalue weighted by atomic mass is 9.73. The van der Waals surface area contributed by atoms with Gasteiger partial charge in [0.05, 0.1) is 27.4 Å². The van der Waals surface area contributed by atoms with E-state index in [9.17, 15) is 5.11 Å². The van der Waals surface area contributed by atoms with E-state index < -0.39 is 0 Å². The molecule has 0 aromatic heterocycles. The van der Waals surface area contributed by atoms with Crippen molar-refractivity contribution in [1.82, 2.24) is 0 Å². The van der Waals surface area contributed by atoms with Crippen molar-refractivity contribution in [2.24, 2.45) is 5.92 Å². The summed E-state index contributed by atoms with van der Waals surface area (Å²) in [5.41, 5.74) is 4.22. The van der Waals surface area contributed by atoms with Crippen LogP contribution in [0.5, 0.6) is 34.5 Å². The van der Waals surface area contributed by atoms with Crippen LogP contribution in [-0.4, -0.2) is 33.2 Å². The van der Waals surface area contributed by atoms with Crippen LogP contribution >= 0.6 is 0 Å². The minimum absolute atomic E-state index is 0.0116. The highest BCUT2D eigenvalue weighted by molar-refractivity contribution is 5.67. The van der Waals surface area contributed by atoms with Crippen molar-refractivity contribution in [3.8, 4) is 34.5 Å². The third-order valence-corrected chi connectivity index (χ3v) is 6.57. The summed E-state index contributed by atoms with van der Waals surface area (Å²) in [7, 11) is 4.83. The summed E-state index contributed by atoms with van der Waals surface area (Å²) in [5, 5.41) is 13.9. The van der Waals surface area contributed by atoms with Gasteiger partial charge in [0.25, 0.3) is 0 Å². The number of methoxy groups -OCH3 is 3. The summed E-state index contributed by atoms with van der Waals surface area (Å²) in [6.07, 6.45) is 0. The zero-order valence-corrected chi connectivity index (χ0v) is 19.0. The average molecular weight is 450 g/mol. The Hall–Kier alpha value is -3.74. The summed E-state index contributed by atoms with van der Waals surface area (Å²) >= 11 is 0. The Kier molecular flexibility index (Phi) is 5.32. The van der Waals surface area contributed by atoms with Gasteiger partial charge in [-0.25, -0.2) is 0 Å². The average Bonchev–Trinajstić information content (AvgIpc) is 3.30. The molecular formula is C26H27NO6. The zero-order valence-electron chi connectivity index (χ0n) is 19.0. The van der Waals surface area contributed by atoms with Gasteiger partial charge in [-0.2, -0.15) is 0 Å². The highest BCUT2D eigenvalue weighted by Gasteiger charge is 2.37. The van der Waals surface area contributed by atoms with Crippen LogP contribution < -0.4 is 29.0 Å². The van der Waals surface area contributed by atoms with E-state index in [1.807, 2.05) is 30.3 Å². The molecule has 2 aliphatic heterocycles. The Balaban J connectivity index is 1.65. The first kappa shape index (κ1) is 21.1. The lowest BCUT2D eigenvalue weighted by Crippen LogP contribution is -2.30. The van der Waals surface area contributed by atoms with Crippen LogP contribution in [-0.2, 0) is 0 Å². The third-order valence-electron chi connectivity index (χ3n) is 6.57. The number of hydrogen-bond donors (Lipinski definition) is 2. The van der Waals surface area contributed by atoms with Gasteiger partial charge in [0.15, 0.2) is 34.5 Å². The molecule has 0 amide bonds. The van der Waals surface area contributed by atoms with Gasteiger partial charge < -0.3 is 34.1 Å². The fourth-order valence-electron chi connectivity index (χ4n) is 4.92. The molecule has 0 spiro atoms. The molecule has 33 heavy (non-hydrogen) atoms. The fraction of sp³-hybridized carbons (Fsp3) is 0.308. The minimum Gasteiger partial charge on any atom is -0.504 e. The normalized spacial score (nSPS) is 20.5. The molecule has 0 saturated heterocycles. The standard InChI is InChI=1S/C26H27NO6/c1-14-25(15-5-7-19(28)21(9-15)30-3)17-11-23-24(33-13-32-23)12-18(17)27-26(14)16-6-8-20(29-2)22(10-16)31-4/h5-12,14,25-28H,13H2,1-4H3/t14-,25+,26-/m0/s1. The van der Waals surface area contributed by atoms with Crippen molar-refractivity contribution >= 4 is 5.69 Å². The zero-order chi connectivity index (χ0) is 23.1. The summed E-state index contributed by atoms with van der Waals surface area (Å²) in [4.78, 5) is 0. The highest BCUT2D eigenvalue weighted by Crippen LogP contribution is 2.52. The Labute approximate surface area is 192 Å². The van der Waals surface area contributed by atoms with Gasteiger partial charge in [-0.3, -0.25) is 0 Å². The summed E-state index contributed by atoms with van der Waals surface area (Å²) in [6, 6.07) is 15.6. The molecule has 0 aliphatic carbocycles. The van der Waals surface area contributed by atoms with Crippen LogP contribution in [0.1, 0.15) is 35.6 Å².